The van der Waals surface area contributed by atoms with Crippen LogP contribution < -0.4 is 5.32 Å². The Labute approximate surface area is 171 Å². The lowest BCUT2D eigenvalue weighted by molar-refractivity contribution is -0.134. The Morgan fingerprint density at radius 1 is 1.21 bits per heavy atom. The van der Waals surface area contributed by atoms with Crippen LogP contribution in [0.15, 0.2) is 30.3 Å². The molecular weight excluding hydrogens is 372 g/mol. The van der Waals surface area contributed by atoms with Gasteiger partial charge in [-0.25, -0.2) is 14.5 Å². The molecule has 1 N–H and O–H groups in total. The Hall–Kier alpha value is -2.57. The molecule has 29 heavy (non-hydrogen) atoms. The van der Waals surface area contributed by atoms with Crippen molar-refractivity contribution < 1.29 is 23.9 Å². The van der Waals surface area contributed by atoms with Crippen LogP contribution in [-0.4, -0.2) is 41.7 Å². The average Bonchev–Trinajstić information content (AvgIpc) is 3.05. The van der Waals surface area contributed by atoms with Gasteiger partial charge in [-0.1, -0.05) is 50.6 Å². The van der Waals surface area contributed by atoms with E-state index in [1.54, 1.807) is 0 Å². The molecule has 7 nitrogen and oxygen atoms in total. The summed E-state index contributed by atoms with van der Waals surface area (Å²) < 4.78 is 10.7. The van der Waals surface area contributed by atoms with Crippen molar-refractivity contribution in [1.29, 1.82) is 0 Å². The molecule has 3 rings (SSSR count). The van der Waals surface area contributed by atoms with E-state index in [2.05, 4.69) is 5.32 Å². The largest absolute Gasteiger partial charge is 0.445 e. The van der Waals surface area contributed by atoms with Crippen molar-refractivity contribution in [2.75, 3.05) is 6.54 Å². The van der Waals surface area contributed by atoms with Crippen LogP contribution in [0.1, 0.15) is 51.5 Å². The molecule has 158 valence electrons. The number of alkyl carbamates (subject to hydrolysis) is 1. The van der Waals surface area contributed by atoms with E-state index in [0.29, 0.717) is 6.42 Å². The van der Waals surface area contributed by atoms with Gasteiger partial charge in [-0.15, -0.1) is 0 Å². The molecule has 1 aliphatic heterocycles. The van der Waals surface area contributed by atoms with Crippen molar-refractivity contribution in [3.8, 4) is 0 Å². The molecule has 0 spiro atoms. The second-order valence-corrected chi connectivity index (χ2v) is 8.25. The van der Waals surface area contributed by atoms with E-state index in [9.17, 15) is 14.4 Å². The van der Waals surface area contributed by atoms with Gasteiger partial charge in [0.25, 0.3) is 0 Å². The van der Waals surface area contributed by atoms with Crippen molar-refractivity contribution in [2.45, 2.75) is 64.7 Å². The summed E-state index contributed by atoms with van der Waals surface area (Å²) in [5.41, 5.74) is 0.889. The lowest BCUT2D eigenvalue weighted by atomic mass is 9.90. The molecule has 1 aromatic carbocycles. The summed E-state index contributed by atoms with van der Waals surface area (Å²) in [5.74, 6) is -0.513. The minimum absolute atomic E-state index is 0.131. The monoisotopic (exact) mass is 402 g/mol. The fourth-order valence-corrected chi connectivity index (χ4v) is 4.10. The molecule has 2 aliphatic rings. The second kappa shape index (κ2) is 9.76. The molecule has 0 aromatic heterocycles. The van der Waals surface area contributed by atoms with Crippen molar-refractivity contribution in [1.82, 2.24) is 10.2 Å². The molecule has 1 heterocycles. The summed E-state index contributed by atoms with van der Waals surface area (Å²) >= 11 is 0. The maximum Gasteiger partial charge on any atom is 0.417 e. The highest BCUT2D eigenvalue weighted by Gasteiger charge is 2.47. The predicted molar refractivity (Wildman–Crippen MR) is 107 cm³/mol. The summed E-state index contributed by atoms with van der Waals surface area (Å²) in [5, 5.41) is 2.69. The topological polar surface area (TPSA) is 84.9 Å². The molecule has 1 aromatic rings. The van der Waals surface area contributed by atoms with Gasteiger partial charge in [-0.2, -0.15) is 0 Å². The Morgan fingerprint density at radius 2 is 1.93 bits per heavy atom. The minimum atomic E-state index is -0.574. The minimum Gasteiger partial charge on any atom is -0.445 e. The first-order chi connectivity index (χ1) is 14.0. The smallest absolute Gasteiger partial charge is 0.417 e. The average molecular weight is 402 g/mol. The van der Waals surface area contributed by atoms with Gasteiger partial charge in [-0.3, -0.25) is 4.79 Å². The molecule has 0 bridgehead atoms. The Bertz CT molecular complexity index is 721. The number of carbonyl (C=O) groups is 3. The third-order valence-electron chi connectivity index (χ3n) is 5.50. The predicted octanol–water partition coefficient (Wildman–Crippen LogP) is 3.87. The zero-order chi connectivity index (χ0) is 20.8. The fraction of sp³-hybridized carbons (Fsp3) is 0.591. The molecule has 1 saturated heterocycles. The number of amides is 3. The molecule has 0 unspecified atom stereocenters. The van der Waals surface area contributed by atoms with Crippen LogP contribution in [0, 0.1) is 11.8 Å². The molecule has 3 atom stereocenters. The number of imide groups is 1. The standard InChI is InChI=1S/C22H30N2O5/c1-15(2)12-17(13-23-21(26)28-14-16-8-4-3-5-9-16)20(25)24-18-10-6-7-11-19(18)29-22(24)27/h3-5,8-9,15,17-19H,6-7,10-14H2,1-2H3,(H,23,26)/t17-,18+,19+/m0/s1. The highest BCUT2D eigenvalue weighted by molar-refractivity contribution is 5.95. The third-order valence-corrected chi connectivity index (χ3v) is 5.50. The number of benzene rings is 1. The van der Waals surface area contributed by atoms with E-state index in [-0.39, 0.29) is 37.1 Å². The first-order valence-corrected chi connectivity index (χ1v) is 10.4. The van der Waals surface area contributed by atoms with Gasteiger partial charge in [0.05, 0.1) is 12.0 Å². The number of hydrogen-bond donors (Lipinski definition) is 1. The maximum atomic E-state index is 13.2. The zero-order valence-electron chi connectivity index (χ0n) is 17.1. The number of hydrogen-bond acceptors (Lipinski definition) is 5. The van der Waals surface area contributed by atoms with Gasteiger partial charge in [-0.05, 0) is 37.2 Å². The second-order valence-electron chi connectivity index (χ2n) is 8.25. The van der Waals surface area contributed by atoms with E-state index in [1.165, 1.54) is 4.90 Å². The number of fused-ring (bicyclic) bond motifs is 1. The Balaban J connectivity index is 1.57. The van der Waals surface area contributed by atoms with E-state index >= 15 is 0 Å². The lowest BCUT2D eigenvalue weighted by Gasteiger charge is -2.29. The van der Waals surface area contributed by atoms with Crippen LogP contribution in [0.25, 0.3) is 0 Å². The number of rotatable bonds is 7. The molecule has 3 amide bonds. The van der Waals surface area contributed by atoms with Crippen LogP contribution in [0.3, 0.4) is 0 Å². The van der Waals surface area contributed by atoms with Crippen LogP contribution in [0.2, 0.25) is 0 Å². The van der Waals surface area contributed by atoms with Crippen LogP contribution in [0.5, 0.6) is 0 Å². The van der Waals surface area contributed by atoms with Gasteiger partial charge in [0.15, 0.2) is 0 Å². The lowest BCUT2D eigenvalue weighted by Crippen LogP contribution is -2.48. The summed E-state index contributed by atoms with van der Waals surface area (Å²) in [7, 11) is 0. The van der Waals surface area contributed by atoms with E-state index in [4.69, 9.17) is 9.47 Å². The van der Waals surface area contributed by atoms with E-state index in [1.807, 2.05) is 44.2 Å². The highest BCUT2D eigenvalue weighted by atomic mass is 16.6. The Kier molecular flexibility index (Phi) is 7.12. The molecule has 0 radical (unpaired) electrons. The summed E-state index contributed by atoms with van der Waals surface area (Å²) in [4.78, 5) is 38.9. The fourth-order valence-electron chi connectivity index (χ4n) is 4.10. The first-order valence-electron chi connectivity index (χ1n) is 10.4. The maximum absolute atomic E-state index is 13.2. The van der Waals surface area contributed by atoms with Gasteiger partial charge in [0.1, 0.15) is 12.7 Å². The van der Waals surface area contributed by atoms with Crippen molar-refractivity contribution in [2.24, 2.45) is 11.8 Å². The quantitative estimate of drug-likeness (QED) is 0.748. The SMILES string of the molecule is CC(C)C[C@@H](CNC(=O)OCc1ccccc1)C(=O)N1C(=O)O[C@@H]2CCCC[C@H]21. The summed E-state index contributed by atoms with van der Waals surface area (Å²) in [6.45, 7) is 4.32. The van der Waals surface area contributed by atoms with Crippen molar-refractivity contribution in [3.63, 3.8) is 0 Å². The van der Waals surface area contributed by atoms with E-state index < -0.39 is 18.1 Å². The van der Waals surface area contributed by atoms with Gasteiger partial charge in [0, 0.05) is 6.54 Å². The van der Waals surface area contributed by atoms with Crippen LogP contribution >= 0.6 is 0 Å². The number of nitrogens with zero attached hydrogens (tertiary/aromatic N) is 1. The number of nitrogens with one attached hydrogen (secondary N) is 1. The summed E-state index contributed by atoms with van der Waals surface area (Å²) in [6.07, 6.45) is 2.84. The zero-order valence-corrected chi connectivity index (χ0v) is 17.1. The van der Waals surface area contributed by atoms with Gasteiger partial charge in [0.2, 0.25) is 5.91 Å². The van der Waals surface area contributed by atoms with E-state index in [0.717, 1.165) is 31.2 Å². The molecule has 7 heteroatoms. The molecule has 1 saturated carbocycles. The molecule has 2 fully saturated rings. The number of ether oxygens (including phenoxy) is 2. The van der Waals surface area contributed by atoms with Gasteiger partial charge >= 0.3 is 12.2 Å². The number of carbonyl (C=O) groups excluding carboxylic acids is 3. The first kappa shape index (κ1) is 21.1. The Morgan fingerprint density at radius 3 is 2.66 bits per heavy atom. The van der Waals surface area contributed by atoms with Gasteiger partial charge < -0.3 is 14.8 Å². The summed E-state index contributed by atoms with van der Waals surface area (Å²) in [6, 6.07) is 9.22. The van der Waals surface area contributed by atoms with Crippen LogP contribution in [-0.2, 0) is 20.9 Å². The normalized spacial score (nSPS) is 22.0. The van der Waals surface area contributed by atoms with Crippen molar-refractivity contribution >= 4 is 18.1 Å². The highest BCUT2D eigenvalue weighted by Crippen LogP contribution is 2.33. The third kappa shape index (κ3) is 5.49. The molecular formula is C22H30N2O5. The van der Waals surface area contributed by atoms with Crippen LogP contribution in [0.4, 0.5) is 9.59 Å². The molecule has 1 aliphatic carbocycles. The van der Waals surface area contributed by atoms with Crippen molar-refractivity contribution in [3.05, 3.63) is 35.9 Å².